The number of aryl methyl sites for hydroxylation is 1. The molecule has 1 heterocycles. The molecule has 1 fully saturated rings. The minimum atomic E-state index is 0.237. The van der Waals surface area contributed by atoms with Crippen LogP contribution in [0.4, 0.5) is 0 Å². The van der Waals surface area contributed by atoms with Crippen LogP contribution in [0.15, 0.2) is 12.1 Å². The van der Waals surface area contributed by atoms with Crippen LogP contribution in [0.3, 0.4) is 0 Å². The lowest BCUT2D eigenvalue weighted by Crippen LogP contribution is -2.41. The highest BCUT2D eigenvalue weighted by Crippen LogP contribution is 2.34. The van der Waals surface area contributed by atoms with Gasteiger partial charge in [-0.1, -0.05) is 32.6 Å². The van der Waals surface area contributed by atoms with Gasteiger partial charge in [0.05, 0.1) is 0 Å². The van der Waals surface area contributed by atoms with Crippen molar-refractivity contribution in [3.05, 3.63) is 21.9 Å². The molecule has 1 N–H and O–H groups in total. The van der Waals surface area contributed by atoms with Gasteiger partial charge in [-0.2, -0.15) is 0 Å². The van der Waals surface area contributed by atoms with Crippen LogP contribution in [0.1, 0.15) is 63.1 Å². The van der Waals surface area contributed by atoms with Crippen molar-refractivity contribution in [3.63, 3.8) is 0 Å². The number of nitrogens with one attached hydrogen (secondary N) is 1. The Morgan fingerprint density at radius 3 is 2.40 bits per heavy atom. The van der Waals surface area contributed by atoms with Crippen LogP contribution in [0, 0.1) is 11.8 Å². The molecule has 1 saturated carbocycles. The third-order valence-electron chi connectivity index (χ3n) is 4.49. The molecular weight excluding hydrogens is 262 g/mol. The molecule has 1 nitrogen and oxygen atoms in total. The van der Waals surface area contributed by atoms with E-state index in [4.69, 9.17) is 0 Å². The summed E-state index contributed by atoms with van der Waals surface area (Å²) < 4.78 is 0. The van der Waals surface area contributed by atoms with Gasteiger partial charge in [0.15, 0.2) is 0 Å². The van der Waals surface area contributed by atoms with Crippen molar-refractivity contribution in [1.82, 2.24) is 5.32 Å². The van der Waals surface area contributed by atoms with E-state index in [1.165, 1.54) is 49.9 Å². The molecule has 2 rings (SSSR count). The number of thiophene rings is 1. The van der Waals surface area contributed by atoms with Gasteiger partial charge >= 0.3 is 0 Å². The second-order valence-electron chi connectivity index (χ2n) is 7.36. The largest absolute Gasteiger partial charge is 0.312 e. The van der Waals surface area contributed by atoms with Gasteiger partial charge in [-0.25, -0.2) is 0 Å². The highest BCUT2D eigenvalue weighted by molar-refractivity contribution is 7.11. The first-order valence-electron chi connectivity index (χ1n) is 8.30. The average Bonchev–Trinajstić information content (AvgIpc) is 3.04. The zero-order valence-electron chi connectivity index (χ0n) is 13.7. The molecule has 0 aromatic carbocycles. The summed E-state index contributed by atoms with van der Waals surface area (Å²) in [6, 6.07) is 4.69. The molecule has 1 aliphatic rings. The highest BCUT2D eigenvalue weighted by atomic mass is 32.1. The first-order valence-corrected chi connectivity index (χ1v) is 9.12. The van der Waals surface area contributed by atoms with Gasteiger partial charge in [-0.05, 0) is 64.1 Å². The molecular formula is C18H31NS. The normalized spacial score (nSPS) is 18.6. The lowest BCUT2D eigenvalue weighted by atomic mass is 9.87. The van der Waals surface area contributed by atoms with Crippen molar-refractivity contribution in [2.75, 3.05) is 6.54 Å². The zero-order valence-corrected chi connectivity index (χ0v) is 14.5. The van der Waals surface area contributed by atoms with Crippen molar-refractivity contribution in [3.8, 4) is 0 Å². The van der Waals surface area contributed by atoms with Gasteiger partial charge in [0.1, 0.15) is 0 Å². The molecule has 1 aromatic heterocycles. The zero-order chi connectivity index (χ0) is 14.6. The first kappa shape index (κ1) is 16.0. The van der Waals surface area contributed by atoms with E-state index >= 15 is 0 Å². The van der Waals surface area contributed by atoms with Crippen molar-refractivity contribution in [2.45, 2.75) is 71.8 Å². The molecule has 0 radical (unpaired) electrons. The molecule has 1 unspecified atom stereocenters. The predicted molar refractivity (Wildman–Crippen MR) is 90.6 cm³/mol. The molecule has 1 atom stereocenters. The second-order valence-corrected chi connectivity index (χ2v) is 8.61. The van der Waals surface area contributed by atoms with Crippen molar-refractivity contribution in [1.29, 1.82) is 0 Å². The number of hydrogen-bond donors (Lipinski definition) is 1. The quantitative estimate of drug-likeness (QED) is 0.774. The Labute approximate surface area is 129 Å². The minimum absolute atomic E-state index is 0.237. The van der Waals surface area contributed by atoms with Crippen molar-refractivity contribution < 1.29 is 0 Å². The standard InChI is InChI=1S/C18H31NS/c1-5-16-10-11-17(20-16)12-15(13-19-18(2,3)4)14-8-6-7-9-14/h10-11,14-15,19H,5-9,12-13H2,1-4H3. The predicted octanol–water partition coefficient (Wildman–Crippen LogP) is 5.05. The Balaban J connectivity index is 1.97. The summed E-state index contributed by atoms with van der Waals surface area (Å²) in [5, 5.41) is 3.74. The summed E-state index contributed by atoms with van der Waals surface area (Å²) in [5.74, 6) is 1.76. The lowest BCUT2D eigenvalue weighted by Gasteiger charge is -2.28. The summed E-state index contributed by atoms with van der Waals surface area (Å²) in [6.07, 6.45) is 8.24. The minimum Gasteiger partial charge on any atom is -0.312 e. The first-order chi connectivity index (χ1) is 9.48. The maximum absolute atomic E-state index is 3.74. The molecule has 2 heteroatoms. The Morgan fingerprint density at radius 1 is 1.20 bits per heavy atom. The lowest BCUT2D eigenvalue weighted by molar-refractivity contribution is 0.288. The van der Waals surface area contributed by atoms with E-state index in [0.29, 0.717) is 0 Å². The van der Waals surface area contributed by atoms with Gasteiger partial charge in [0.25, 0.3) is 0 Å². The molecule has 1 aromatic rings. The van der Waals surface area contributed by atoms with E-state index in [1.807, 2.05) is 11.3 Å². The van der Waals surface area contributed by atoms with Gasteiger partial charge in [0.2, 0.25) is 0 Å². The van der Waals surface area contributed by atoms with Gasteiger partial charge in [-0.3, -0.25) is 0 Å². The summed E-state index contributed by atoms with van der Waals surface area (Å²) in [4.78, 5) is 3.13. The summed E-state index contributed by atoms with van der Waals surface area (Å²) in [5.41, 5.74) is 0.237. The molecule has 0 spiro atoms. The van der Waals surface area contributed by atoms with Gasteiger partial charge < -0.3 is 5.32 Å². The Morgan fingerprint density at radius 2 is 1.85 bits per heavy atom. The highest BCUT2D eigenvalue weighted by Gasteiger charge is 2.26. The molecule has 114 valence electrons. The van der Waals surface area contributed by atoms with E-state index < -0.39 is 0 Å². The van der Waals surface area contributed by atoms with Gasteiger partial charge in [0, 0.05) is 15.3 Å². The third kappa shape index (κ3) is 4.89. The Kier molecular flexibility index (Phi) is 5.68. The summed E-state index contributed by atoms with van der Waals surface area (Å²) in [6.45, 7) is 10.3. The van der Waals surface area contributed by atoms with Gasteiger partial charge in [-0.15, -0.1) is 11.3 Å². The topological polar surface area (TPSA) is 12.0 Å². The van der Waals surface area contributed by atoms with Crippen LogP contribution in [-0.4, -0.2) is 12.1 Å². The van der Waals surface area contributed by atoms with Crippen molar-refractivity contribution in [2.24, 2.45) is 11.8 Å². The summed E-state index contributed by atoms with van der Waals surface area (Å²) >= 11 is 2.03. The second kappa shape index (κ2) is 7.09. The van der Waals surface area contributed by atoms with E-state index in [-0.39, 0.29) is 5.54 Å². The molecule has 0 aliphatic heterocycles. The Bertz CT molecular complexity index is 396. The van der Waals surface area contributed by atoms with E-state index in [2.05, 4.69) is 45.1 Å². The molecule has 1 aliphatic carbocycles. The van der Waals surface area contributed by atoms with Crippen LogP contribution in [0.25, 0.3) is 0 Å². The average molecular weight is 294 g/mol. The SMILES string of the molecule is CCc1ccc(CC(CNC(C)(C)C)C2CCCC2)s1. The van der Waals surface area contributed by atoms with E-state index in [0.717, 1.165) is 11.8 Å². The maximum Gasteiger partial charge on any atom is 0.00966 e. The van der Waals surface area contributed by atoms with E-state index in [9.17, 15) is 0 Å². The Hall–Kier alpha value is -0.340. The van der Waals surface area contributed by atoms with Crippen LogP contribution in [0.2, 0.25) is 0 Å². The fraction of sp³-hybridized carbons (Fsp3) is 0.778. The summed E-state index contributed by atoms with van der Waals surface area (Å²) in [7, 11) is 0. The molecule has 0 amide bonds. The van der Waals surface area contributed by atoms with E-state index in [1.54, 1.807) is 4.88 Å². The van der Waals surface area contributed by atoms with Crippen LogP contribution in [-0.2, 0) is 12.8 Å². The number of hydrogen-bond acceptors (Lipinski definition) is 2. The molecule has 0 bridgehead atoms. The van der Waals surface area contributed by atoms with Crippen LogP contribution in [0.5, 0.6) is 0 Å². The fourth-order valence-electron chi connectivity index (χ4n) is 3.25. The van der Waals surface area contributed by atoms with Crippen LogP contribution < -0.4 is 5.32 Å². The maximum atomic E-state index is 3.74. The molecule has 0 saturated heterocycles. The van der Waals surface area contributed by atoms with Crippen molar-refractivity contribution >= 4 is 11.3 Å². The monoisotopic (exact) mass is 293 g/mol. The molecule has 20 heavy (non-hydrogen) atoms. The fourth-order valence-corrected chi connectivity index (χ4v) is 4.30. The third-order valence-corrected chi connectivity index (χ3v) is 5.74. The smallest absolute Gasteiger partial charge is 0.00966 e. The van der Waals surface area contributed by atoms with Crippen LogP contribution >= 0.6 is 11.3 Å². The number of rotatable bonds is 6.